The molecule has 2 aromatic carbocycles. The molecule has 0 bridgehead atoms. The van der Waals surface area contributed by atoms with Crippen LogP contribution in [0.1, 0.15) is 10.4 Å². The molecular weight excluding hydrogens is 308 g/mol. The highest BCUT2D eigenvalue weighted by molar-refractivity contribution is 7.99. The van der Waals surface area contributed by atoms with Crippen molar-refractivity contribution in [2.75, 3.05) is 43.3 Å². The molecule has 120 valence electrons. The summed E-state index contributed by atoms with van der Waals surface area (Å²) < 4.78 is 0. The first kappa shape index (κ1) is 15.6. The van der Waals surface area contributed by atoms with Crippen molar-refractivity contribution in [2.45, 2.75) is 9.79 Å². The number of amides is 1. The molecule has 0 fully saturated rings. The molecule has 0 atom stereocenters. The summed E-state index contributed by atoms with van der Waals surface area (Å²) in [5, 5.41) is 3.36. The predicted octanol–water partition coefficient (Wildman–Crippen LogP) is 3.13. The van der Waals surface area contributed by atoms with Crippen LogP contribution in [-0.2, 0) is 0 Å². The van der Waals surface area contributed by atoms with Crippen LogP contribution in [0.25, 0.3) is 0 Å². The van der Waals surface area contributed by atoms with Gasteiger partial charge in [0.25, 0.3) is 5.91 Å². The van der Waals surface area contributed by atoms with Crippen LogP contribution < -0.4 is 20.9 Å². The van der Waals surface area contributed by atoms with Gasteiger partial charge in [-0.2, -0.15) is 0 Å². The SMILES string of the molecule is CN(C)c1ccc2c(c1)Sc1cc(N(C)C)cc(C(N)=O)c1N2. The zero-order chi connectivity index (χ0) is 16.7. The number of carbonyl (C=O) groups is 1. The van der Waals surface area contributed by atoms with Gasteiger partial charge in [0, 0.05) is 49.4 Å². The minimum Gasteiger partial charge on any atom is -0.378 e. The van der Waals surface area contributed by atoms with E-state index in [0.717, 1.165) is 32.5 Å². The number of benzene rings is 2. The molecule has 1 aliphatic heterocycles. The van der Waals surface area contributed by atoms with Crippen molar-refractivity contribution < 1.29 is 4.79 Å². The average molecular weight is 328 g/mol. The first-order chi connectivity index (χ1) is 10.9. The minimum atomic E-state index is -0.425. The number of carbonyl (C=O) groups excluding carboxylic acids is 1. The van der Waals surface area contributed by atoms with Crippen molar-refractivity contribution in [1.82, 2.24) is 0 Å². The maximum atomic E-state index is 11.9. The average Bonchev–Trinajstić information content (AvgIpc) is 2.50. The van der Waals surface area contributed by atoms with Gasteiger partial charge < -0.3 is 20.9 Å². The van der Waals surface area contributed by atoms with Crippen molar-refractivity contribution in [3.8, 4) is 0 Å². The highest BCUT2D eigenvalue weighted by Crippen LogP contribution is 2.47. The summed E-state index contributed by atoms with van der Waals surface area (Å²) in [5.74, 6) is -0.425. The van der Waals surface area contributed by atoms with Gasteiger partial charge in [0.2, 0.25) is 0 Å². The Labute approximate surface area is 140 Å². The molecule has 0 saturated heterocycles. The van der Waals surface area contributed by atoms with E-state index in [2.05, 4.69) is 28.4 Å². The fraction of sp³-hybridized carbons (Fsp3) is 0.235. The van der Waals surface area contributed by atoms with Gasteiger partial charge in [-0.25, -0.2) is 0 Å². The Morgan fingerprint density at radius 1 is 1.00 bits per heavy atom. The number of nitrogens with two attached hydrogens (primary N) is 1. The number of primary amides is 1. The van der Waals surface area contributed by atoms with Crippen LogP contribution in [0, 0.1) is 0 Å². The van der Waals surface area contributed by atoms with Gasteiger partial charge in [0.05, 0.1) is 16.9 Å². The molecule has 1 heterocycles. The number of anilines is 4. The summed E-state index contributed by atoms with van der Waals surface area (Å²) in [6.07, 6.45) is 0. The quantitative estimate of drug-likeness (QED) is 0.773. The first-order valence-electron chi connectivity index (χ1n) is 7.28. The van der Waals surface area contributed by atoms with Crippen molar-refractivity contribution in [3.05, 3.63) is 35.9 Å². The number of rotatable bonds is 3. The lowest BCUT2D eigenvalue weighted by molar-refractivity contribution is 0.100. The van der Waals surface area contributed by atoms with Gasteiger partial charge in [-0.05, 0) is 30.3 Å². The summed E-state index contributed by atoms with van der Waals surface area (Å²) >= 11 is 1.65. The summed E-state index contributed by atoms with van der Waals surface area (Å²) in [4.78, 5) is 18.0. The maximum absolute atomic E-state index is 11.9. The Hall–Kier alpha value is -2.34. The normalized spacial score (nSPS) is 12.0. The molecule has 5 nitrogen and oxygen atoms in total. The van der Waals surface area contributed by atoms with Crippen LogP contribution in [0.15, 0.2) is 40.1 Å². The van der Waals surface area contributed by atoms with Gasteiger partial charge in [0.15, 0.2) is 0 Å². The minimum absolute atomic E-state index is 0.425. The Morgan fingerprint density at radius 3 is 2.26 bits per heavy atom. The van der Waals surface area contributed by atoms with Crippen LogP contribution in [0.2, 0.25) is 0 Å². The number of hydrogen-bond acceptors (Lipinski definition) is 5. The fourth-order valence-electron chi connectivity index (χ4n) is 2.49. The van der Waals surface area contributed by atoms with E-state index in [9.17, 15) is 4.79 Å². The van der Waals surface area contributed by atoms with E-state index in [1.165, 1.54) is 0 Å². The lowest BCUT2D eigenvalue weighted by Gasteiger charge is -2.26. The molecule has 3 rings (SSSR count). The molecular formula is C17H20N4OS. The van der Waals surface area contributed by atoms with Crippen LogP contribution in [-0.4, -0.2) is 34.1 Å². The monoisotopic (exact) mass is 328 g/mol. The molecule has 0 spiro atoms. The lowest BCUT2D eigenvalue weighted by atomic mass is 10.1. The number of fused-ring (bicyclic) bond motifs is 2. The smallest absolute Gasteiger partial charge is 0.250 e. The van der Waals surface area contributed by atoms with Crippen LogP contribution >= 0.6 is 11.8 Å². The second kappa shape index (κ2) is 5.70. The highest BCUT2D eigenvalue weighted by atomic mass is 32.2. The molecule has 0 aromatic heterocycles. The van der Waals surface area contributed by atoms with Gasteiger partial charge in [-0.3, -0.25) is 4.79 Å². The summed E-state index contributed by atoms with van der Waals surface area (Å²) in [5.41, 5.74) is 9.97. The zero-order valence-corrected chi connectivity index (χ0v) is 14.5. The van der Waals surface area contributed by atoms with Crippen LogP contribution in [0.5, 0.6) is 0 Å². The predicted molar refractivity (Wildman–Crippen MR) is 97.5 cm³/mol. The second-order valence-corrected chi connectivity index (χ2v) is 7.01. The third-order valence-electron chi connectivity index (χ3n) is 3.83. The van der Waals surface area contributed by atoms with E-state index in [-0.39, 0.29) is 0 Å². The largest absolute Gasteiger partial charge is 0.378 e. The van der Waals surface area contributed by atoms with E-state index < -0.39 is 5.91 Å². The van der Waals surface area contributed by atoms with E-state index in [1.54, 1.807) is 11.8 Å². The Kier molecular flexibility index (Phi) is 3.85. The highest BCUT2D eigenvalue weighted by Gasteiger charge is 2.22. The van der Waals surface area contributed by atoms with Gasteiger partial charge in [0.1, 0.15) is 0 Å². The third-order valence-corrected chi connectivity index (χ3v) is 4.93. The molecule has 1 amide bonds. The standard InChI is InChI=1S/C17H20N4OS/c1-20(2)10-5-6-13-14(8-10)23-15-9-11(21(3)4)7-12(17(18)22)16(15)19-13/h5-9,19H,1-4H3,(H2,18,22). The molecule has 0 radical (unpaired) electrons. The molecule has 0 saturated carbocycles. The van der Waals surface area contributed by atoms with Gasteiger partial charge >= 0.3 is 0 Å². The third kappa shape index (κ3) is 2.82. The van der Waals surface area contributed by atoms with E-state index in [0.29, 0.717) is 5.56 Å². The van der Waals surface area contributed by atoms with Crippen molar-refractivity contribution >= 4 is 40.4 Å². The summed E-state index contributed by atoms with van der Waals surface area (Å²) in [6.45, 7) is 0. The lowest BCUT2D eigenvalue weighted by Crippen LogP contribution is -2.18. The zero-order valence-electron chi connectivity index (χ0n) is 13.7. The van der Waals surface area contributed by atoms with Crippen LogP contribution in [0.4, 0.5) is 22.7 Å². The van der Waals surface area contributed by atoms with Crippen molar-refractivity contribution in [1.29, 1.82) is 0 Å². The fourth-order valence-corrected chi connectivity index (χ4v) is 3.58. The number of hydrogen-bond donors (Lipinski definition) is 2. The summed E-state index contributed by atoms with van der Waals surface area (Å²) in [7, 11) is 7.94. The molecule has 6 heteroatoms. The molecule has 0 aliphatic carbocycles. The van der Waals surface area contributed by atoms with E-state index in [1.807, 2.05) is 45.2 Å². The second-order valence-electron chi connectivity index (χ2n) is 5.93. The first-order valence-corrected chi connectivity index (χ1v) is 8.10. The Balaban J connectivity index is 2.11. The Morgan fingerprint density at radius 2 is 1.65 bits per heavy atom. The van der Waals surface area contributed by atoms with E-state index >= 15 is 0 Å². The van der Waals surface area contributed by atoms with Gasteiger partial charge in [-0.15, -0.1) is 0 Å². The molecule has 0 unspecified atom stereocenters. The van der Waals surface area contributed by atoms with Crippen molar-refractivity contribution in [3.63, 3.8) is 0 Å². The van der Waals surface area contributed by atoms with Crippen molar-refractivity contribution in [2.24, 2.45) is 5.73 Å². The molecule has 2 aromatic rings. The summed E-state index contributed by atoms with van der Waals surface area (Å²) in [6, 6.07) is 10.1. The number of nitrogens with one attached hydrogen (secondary N) is 1. The maximum Gasteiger partial charge on any atom is 0.250 e. The number of nitrogens with zero attached hydrogens (tertiary/aromatic N) is 2. The molecule has 3 N–H and O–H groups in total. The van der Waals surface area contributed by atoms with Crippen LogP contribution in [0.3, 0.4) is 0 Å². The topological polar surface area (TPSA) is 61.6 Å². The Bertz CT molecular complexity index is 786. The molecule has 23 heavy (non-hydrogen) atoms. The van der Waals surface area contributed by atoms with Gasteiger partial charge in [-0.1, -0.05) is 11.8 Å². The van der Waals surface area contributed by atoms with E-state index in [4.69, 9.17) is 5.73 Å². The molecule has 1 aliphatic rings.